The van der Waals surface area contributed by atoms with Gasteiger partial charge in [-0.25, -0.2) is 18.8 Å². The molecule has 154 valence electrons. The maximum Gasteiger partial charge on any atom is 0.177 e. The van der Waals surface area contributed by atoms with Crippen LogP contribution in [0.4, 0.5) is 20.2 Å². The number of para-hydroxylation sites is 2. The number of nitrogens with zero attached hydrogens (tertiary/aromatic N) is 2. The minimum atomic E-state index is -0.502. The molecule has 31 heavy (non-hydrogen) atoms. The highest BCUT2D eigenvalue weighted by molar-refractivity contribution is 5.61. The molecule has 0 saturated carbocycles. The molecule has 0 N–H and O–H groups in total. The van der Waals surface area contributed by atoms with Crippen LogP contribution in [0.3, 0.4) is 0 Å². The van der Waals surface area contributed by atoms with Gasteiger partial charge in [-0.3, -0.25) is 0 Å². The number of hydrogen-bond acceptors (Lipinski definition) is 3. The van der Waals surface area contributed by atoms with Gasteiger partial charge >= 0.3 is 0 Å². The Hall–Kier alpha value is -3.70. The first-order chi connectivity index (χ1) is 15.2. The summed E-state index contributed by atoms with van der Waals surface area (Å²) in [6.45, 7) is 0. The van der Waals surface area contributed by atoms with Crippen molar-refractivity contribution in [2.75, 3.05) is 10.0 Å². The molecular formula is C26H20F2N2O. The third kappa shape index (κ3) is 3.76. The first kappa shape index (κ1) is 19.3. The van der Waals surface area contributed by atoms with E-state index in [4.69, 9.17) is 4.74 Å². The van der Waals surface area contributed by atoms with Crippen LogP contribution < -0.4 is 10.0 Å². The molecule has 0 amide bonds. The van der Waals surface area contributed by atoms with Crippen LogP contribution in [0.25, 0.3) is 0 Å². The Labute approximate surface area is 179 Å². The Morgan fingerprint density at radius 2 is 0.839 bits per heavy atom. The molecule has 1 heterocycles. The number of rotatable bonds is 4. The maximum absolute atomic E-state index is 13.6. The van der Waals surface area contributed by atoms with Crippen LogP contribution in [0.1, 0.15) is 23.6 Å². The molecule has 5 rings (SSSR count). The average Bonchev–Trinajstić information content (AvgIpc) is 3.22. The molecule has 0 aliphatic carbocycles. The van der Waals surface area contributed by atoms with Crippen molar-refractivity contribution in [1.29, 1.82) is 0 Å². The summed E-state index contributed by atoms with van der Waals surface area (Å²) in [7, 11) is 0. The third-order valence-electron chi connectivity index (χ3n) is 5.29. The Bertz CT molecular complexity index is 1040. The lowest BCUT2D eigenvalue weighted by Crippen LogP contribution is -2.39. The van der Waals surface area contributed by atoms with Crippen molar-refractivity contribution in [3.63, 3.8) is 0 Å². The van der Waals surface area contributed by atoms with Gasteiger partial charge in [0.1, 0.15) is 11.6 Å². The molecule has 4 aromatic rings. The molecule has 1 saturated heterocycles. The van der Waals surface area contributed by atoms with Crippen molar-refractivity contribution in [1.82, 2.24) is 0 Å². The molecule has 1 fully saturated rings. The number of hydrazine groups is 1. The zero-order chi connectivity index (χ0) is 21.2. The Kier molecular flexibility index (Phi) is 5.10. The Morgan fingerprint density at radius 1 is 0.484 bits per heavy atom. The molecule has 0 bridgehead atoms. The Morgan fingerprint density at radius 3 is 1.19 bits per heavy atom. The summed E-state index contributed by atoms with van der Waals surface area (Å²) in [5.74, 6) is -0.606. The number of ether oxygens (including phenoxy) is 1. The van der Waals surface area contributed by atoms with E-state index in [1.165, 1.54) is 24.3 Å². The van der Waals surface area contributed by atoms with E-state index in [-0.39, 0.29) is 11.6 Å². The van der Waals surface area contributed by atoms with Crippen LogP contribution in [-0.2, 0) is 4.74 Å². The predicted molar refractivity (Wildman–Crippen MR) is 117 cm³/mol. The number of benzene rings is 4. The third-order valence-corrected chi connectivity index (χ3v) is 5.29. The fourth-order valence-electron chi connectivity index (χ4n) is 3.84. The van der Waals surface area contributed by atoms with E-state index >= 15 is 0 Å². The van der Waals surface area contributed by atoms with Crippen LogP contribution in [0, 0.1) is 11.6 Å². The van der Waals surface area contributed by atoms with Gasteiger partial charge in [0.25, 0.3) is 0 Å². The van der Waals surface area contributed by atoms with Gasteiger partial charge in [0.2, 0.25) is 0 Å². The molecular weight excluding hydrogens is 394 g/mol. The van der Waals surface area contributed by atoms with E-state index in [0.29, 0.717) is 0 Å². The first-order valence-electron chi connectivity index (χ1n) is 10.1. The standard InChI is InChI=1S/C26H20F2N2O/c27-21-15-11-19(12-16-21)25-29(23-7-3-1-4-8-23)30(24-9-5-2-6-10-24)26(31-25)20-13-17-22(28)18-14-20/h1-18,25-26H. The highest BCUT2D eigenvalue weighted by atomic mass is 19.1. The number of anilines is 2. The Balaban J connectivity index is 1.68. The normalized spacial score (nSPS) is 18.4. The van der Waals surface area contributed by atoms with Crippen molar-refractivity contribution in [3.05, 3.63) is 132 Å². The summed E-state index contributed by atoms with van der Waals surface area (Å²) < 4.78 is 33.8. The van der Waals surface area contributed by atoms with Gasteiger partial charge < -0.3 is 4.74 Å². The minimum Gasteiger partial charge on any atom is -0.323 e. The smallest absolute Gasteiger partial charge is 0.177 e. The summed E-state index contributed by atoms with van der Waals surface area (Å²) >= 11 is 0. The van der Waals surface area contributed by atoms with Gasteiger partial charge in [-0.05, 0) is 48.5 Å². The molecule has 3 nitrogen and oxygen atoms in total. The second-order valence-electron chi connectivity index (χ2n) is 7.30. The largest absolute Gasteiger partial charge is 0.323 e. The summed E-state index contributed by atoms with van der Waals surface area (Å²) in [5.41, 5.74) is 3.47. The van der Waals surface area contributed by atoms with Crippen molar-refractivity contribution in [3.8, 4) is 0 Å². The molecule has 4 aromatic carbocycles. The van der Waals surface area contributed by atoms with E-state index in [2.05, 4.69) is 10.0 Å². The topological polar surface area (TPSA) is 15.7 Å². The molecule has 1 aliphatic rings. The van der Waals surface area contributed by atoms with E-state index in [9.17, 15) is 8.78 Å². The van der Waals surface area contributed by atoms with Gasteiger partial charge in [-0.15, -0.1) is 0 Å². The van der Waals surface area contributed by atoms with Crippen molar-refractivity contribution in [2.24, 2.45) is 0 Å². The molecule has 0 aromatic heterocycles. The SMILES string of the molecule is Fc1ccc(C2OC(c3ccc(F)cc3)N(c3ccccc3)N2c2ccccc2)cc1. The first-order valence-corrected chi connectivity index (χ1v) is 10.1. The second-order valence-corrected chi connectivity index (χ2v) is 7.30. The zero-order valence-electron chi connectivity index (χ0n) is 16.6. The monoisotopic (exact) mass is 414 g/mol. The molecule has 1 aliphatic heterocycles. The summed E-state index contributed by atoms with van der Waals surface area (Å²) in [4.78, 5) is 0. The molecule has 2 atom stereocenters. The molecule has 0 radical (unpaired) electrons. The van der Waals surface area contributed by atoms with Gasteiger partial charge in [0, 0.05) is 11.1 Å². The van der Waals surface area contributed by atoms with Crippen LogP contribution >= 0.6 is 0 Å². The predicted octanol–water partition coefficient (Wildman–Crippen LogP) is 6.62. The summed E-state index contributed by atoms with van der Waals surface area (Å²) in [5, 5.41) is 4.10. The highest BCUT2D eigenvalue weighted by Gasteiger charge is 2.42. The number of hydrogen-bond donors (Lipinski definition) is 0. The number of halogens is 2. The second kappa shape index (κ2) is 8.20. The van der Waals surface area contributed by atoms with Gasteiger partial charge in [0.15, 0.2) is 12.5 Å². The quantitative estimate of drug-likeness (QED) is 0.373. The lowest BCUT2D eigenvalue weighted by Gasteiger charge is -2.35. The maximum atomic E-state index is 13.6. The molecule has 2 unspecified atom stereocenters. The minimum absolute atomic E-state index is 0.303. The molecule has 0 spiro atoms. The van der Waals surface area contributed by atoms with Crippen molar-refractivity contribution < 1.29 is 13.5 Å². The van der Waals surface area contributed by atoms with E-state index in [0.717, 1.165) is 22.5 Å². The fourth-order valence-corrected chi connectivity index (χ4v) is 3.84. The lowest BCUT2D eigenvalue weighted by atomic mass is 10.1. The lowest BCUT2D eigenvalue weighted by molar-refractivity contribution is 0.0450. The van der Waals surface area contributed by atoms with Gasteiger partial charge in [-0.2, -0.15) is 0 Å². The summed E-state index contributed by atoms with van der Waals surface area (Å²) in [6.07, 6.45) is -1.00. The van der Waals surface area contributed by atoms with E-state index < -0.39 is 12.5 Å². The summed E-state index contributed by atoms with van der Waals surface area (Å²) in [6, 6.07) is 32.4. The van der Waals surface area contributed by atoms with Gasteiger partial charge in [0.05, 0.1) is 11.4 Å². The van der Waals surface area contributed by atoms with Crippen molar-refractivity contribution in [2.45, 2.75) is 12.5 Å². The highest BCUT2D eigenvalue weighted by Crippen LogP contribution is 2.46. The van der Waals surface area contributed by atoms with E-state index in [1.807, 2.05) is 60.7 Å². The van der Waals surface area contributed by atoms with Crippen LogP contribution in [-0.4, -0.2) is 0 Å². The fraction of sp³-hybridized carbons (Fsp3) is 0.0769. The van der Waals surface area contributed by atoms with Crippen LogP contribution in [0.2, 0.25) is 0 Å². The zero-order valence-corrected chi connectivity index (χ0v) is 16.6. The average molecular weight is 414 g/mol. The van der Waals surface area contributed by atoms with Crippen LogP contribution in [0.15, 0.2) is 109 Å². The van der Waals surface area contributed by atoms with Gasteiger partial charge in [-0.1, -0.05) is 60.7 Å². The van der Waals surface area contributed by atoms with E-state index in [1.54, 1.807) is 24.3 Å². The molecule has 5 heteroatoms. The van der Waals surface area contributed by atoms with Crippen molar-refractivity contribution >= 4 is 11.4 Å². The van der Waals surface area contributed by atoms with Crippen LogP contribution in [0.5, 0.6) is 0 Å².